The lowest BCUT2D eigenvalue weighted by Gasteiger charge is -2.41. The molecule has 1 aromatic rings. The Hall–Kier alpha value is -1.20. The highest BCUT2D eigenvalue weighted by molar-refractivity contribution is 8.00. The van der Waals surface area contributed by atoms with E-state index in [1.165, 1.54) is 10.5 Å². The number of hydrogen-bond acceptors (Lipinski definition) is 4. The van der Waals surface area contributed by atoms with Gasteiger partial charge in [0, 0.05) is 29.8 Å². The molecule has 0 saturated carbocycles. The van der Waals surface area contributed by atoms with Gasteiger partial charge in [-0.2, -0.15) is 0 Å². The van der Waals surface area contributed by atoms with Crippen LogP contribution in [0.1, 0.15) is 39.2 Å². The van der Waals surface area contributed by atoms with Crippen LogP contribution in [0.5, 0.6) is 0 Å². The third-order valence-electron chi connectivity index (χ3n) is 4.06. The molecule has 2 rings (SSSR count). The molecule has 1 aliphatic heterocycles. The van der Waals surface area contributed by atoms with Crippen molar-refractivity contribution in [3.63, 3.8) is 0 Å². The highest BCUT2D eigenvalue weighted by Crippen LogP contribution is 2.41. The molecule has 0 atom stereocenters. The summed E-state index contributed by atoms with van der Waals surface area (Å²) in [6.45, 7) is 9.91. The van der Waals surface area contributed by atoms with Crippen LogP contribution in [0.25, 0.3) is 0 Å². The molecule has 0 aliphatic carbocycles. The van der Waals surface area contributed by atoms with Crippen molar-refractivity contribution in [1.29, 1.82) is 0 Å². The summed E-state index contributed by atoms with van der Waals surface area (Å²) < 4.78 is 11.0. The summed E-state index contributed by atoms with van der Waals surface area (Å²) in [5, 5.41) is 0. The Balaban J connectivity index is 2.02. The van der Waals surface area contributed by atoms with E-state index < -0.39 is 5.60 Å². The molecule has 0 N–H and O–H groups in total. The lowest BCUT2D eigenvalue weighted by molar-refractivity contribution is 0.0169. The Bertz CT molecular complexity index is 560. The first-order valence-corrected chi connectivity index (χ1v) is 9.27. The van der Waals surface area contributed by atoms with Crippen LogP contribution in [0.2, 0.25) is 0 Å². The van der Waals surface area contributed by atoms with Crippen LogP contribution in [0.4, 0.5) is 4.79 Å². The molecule has 1 aromatic carbocycles. The van der Waals surface area contributed by atoms with Gasteiger partial charge in [0.25, 0.3) is 0 Å². The van der Waals surface area contributed by atoms with Crippen molar-refractivity contribution in [3.05, 3.63) is 29.8 Å². The lowest BCUT2D eigenvalue weighted by atomic mass is 9.97. The fourth-order valence-corrected chi connectivity index (χ4v) is 4.35. The molecule has 5 heteroatoms. The monoisotopic (exact) mass is 351 g/mol. The van der Waals surface area contributed by atoms with E-state index in [0.29, 0.717) is 19.7 Å². The minimum Gasteiger partial charge on any atom is -0.444 e. The predicted molar refractivity (Wildman–Crippen MR) is 98.7 cm³/mol. The van der Waals surface area contributed by atoms with Gasteiger partial charge in [-0.25, -0.2) is 4.79 Å². The summed E-state index contributed by atoms with van der Waals surface area (Å²) in [7, 11) is 1.75. The quantitative estimate of drug-likeness (QED) is 0.800. The number of benzene rings is 1. The van der Waals surface area contributed by atoms with Crippen LogP contribution in [0.3, 0.4) is 0 Å². The van der Waals surface area contributed by atoms with Gasteiger partial charge in [-0.05, 0) is 52.7 Å². The van der Waals surface area contributed by atoms with Gasteiger partial charge in [0.05, 0.1) is 6.61 Å². The van der Waals surface area contributed by atoms with E-state index in [0.717, 1.165) is 12.8 Å². The number of aryl methyl sites for hydroxylation is 1. The van der Waals surface area contributed by atoms with Gasteiger partial charge in [0.15, 0.2) is 0 Å². The molecule has 134 valence electrons. The lowest BCUT2D eigenvalue weighted by Crippen LogP contribution is -2.48. The molecule has 0 radical (unpaired) electrons. The first-order chi connectivity index (χ1) is 11.2. The summed E-state index contributed by atoms with van der Waals surface area (Å²) in [4.78, 5) is 15.3. The summed E-state index contributed by atoms with van der Waals surface area (Å²) in [6.07, 6.45) is 1.59. The van der Waals surface area contributed by atoms with Gasteiger partial charge in [0.2, 0.25) is 0 Å². The van der Waals surface area contributed by atoms with Crippen LogP contribution in [0, 0.1) is 6.92 Å². The smallest absolute Gasteiger partial charge is 0.410 e. The van der Waals surface area contributed by atoms with Crippen LogP contribution in [-0.2, 0) is 9.47 Å². The highest BCUT2D eigenvalue weighted by atomic mass is 32.2. The Kier molecular flexibility index (Phi) is 6.21. The number of rotatable bonds is 4. The zero-order valence-corrected chi connectivity index (χ0v) is 16.2. The summed E-state index contributed by atoms with van der Waals surface area (Å²) >= 11 is 1.87. The summed E-state index contributed by atoms with van der Waals surface area (Å²) in [5.74, 6) is 0. The molecule has 0 spiro atoms. The third kappa shape index (κ3) is 5.42. The van der Waals surface area contributed by atoms with Gasteiger partial charge in [-0.15, -0.1) is 11.8 Å². The van der Waals surface area contributed by atoms with Crippen molar-refractivity contribution in [3.8, 4) is 0 Å². The van der Waals surface area contributed by atoms with Crippen molar-refractivity contribution in [1.82, 2.24) is 4.90 Å². The number of nitrogens with zero attached hydrogens (tertiary/aromatic N) is 1. The molecular formula is C19H29NO3S. The molecule has 1 amide bonds. The SMILES string of the molecule is COCC1(Sc2cccc(C)c2)CCN(C(=O)OC(C)(C)C)CC1. The average molecular weight is 352 g/mol. The number of carbonyl (C=O) groups excluding carboxylic acids is 1. The van der Waals surface area contributed by atoms with Crippen LogP contribution < -0.4 is 0 Å². The van der Waals surface area contributed by atoms with E-state index in [-0.39, 0.29) is 10.8 Å². The fraction of sp³-hybridized carbons (Fsp3) is 0.632. The second kappa shape index (κ2) is 7.79. The number of hydrogen-bond donors (Lipinski definition) is 0. The van der Waals surface area contributed by atoms with Crippen molar-refractivity contribution in [2.75, 3.05) is 26.8 Å². The molecular weight excluding hydrogens is 322 g/mol. The van der Waals surface area contributed by atoms with Gasteiger partial charge < -0.3 is 14.4 Å². The van der Waals surface area contributed by atoms with Gasteiger partial charge >= 0.3 is 6.09 Å². The Morgan fingerprint density at radius 2 is 1.96 bits per heavy atom. The highest BCUT2D eigenvalue weighted by Gasteiger charge is 2.38. The number of carbonyl (C=O) groups is 1. The third-order valence-corrected chi connectivity index (χ3v) is 5.51. The van der Waals surface area contributed by atoms with Crippen molar-refractivity contribution >= 4 is 17.9 Å². The zero-order valence-electron chi connectivity index (χ0n) is 15.4. The van der Waals surface area contributed by atoms with Gasteiger partial charge in [0.1, 0.15) is 5.60 Å². The molecule has 0 bridgehead atoms. The van der Waals surface area contributed by atoms with Crippen molar-refractivity contribution in [2.24, 2.45) is 0 Å². The van der Waals surface area contributed by atoms with E-state index in [2.05, 4.69) is 31.2 Å². The Morgan fingerprint density at radius 3 is 2.50 bits per heavy atom. The molecule has 24 heavy (non-hydrogen) atoms. The number of piperidine rings is 1. The van der Waals surface area contributed by atoms with Crippen molar-refractivity contribution < 1.29 is 14.3 Å². The number of amides is 1. The first-order valence-electron chi connectivity index (χ1n) is 8.46. The summed E-state index contributed by atoms with van der Waals surface area (Å²) in [5.41, 5.74) is 0.813. The van der Waals surface area contributed by atoms with E-state index in [1.54, 1.807) is 7.11 Å². The first kappa shape index (κ1) is 19.1. The average Bonchev–Trinajstić information content (AvgIpc) is 2.46. The zero-order chi connectivity index (χ0) is 17.8. The van der Waals surface area contributed by atoms with Crippen LogP contribution in [-0.4, -0.2) is 48.1 Å². The number of ether oxygens (including phenoxy) is 2. The molecule has 0 unspecified atom stereocenters. The van der Waals surface area contributed by atoms with E-state index in [9.17, 15) is 4.79 Å². The molecule has 1 aliphatic rings. The molecule has 1 saturated heterocycles. The van der Waals surface area contributed by atoms with Crippen LogP contribution >= 0.6 is 11.8 Å². The second-order valence-electron chi connectivity index (χ2n) is 7.50. The maximum absolute atomic E-state index is 12.3. The second-order valence-corrected chi connectivity index (χ2v) is 9.04. The molecule has 0 aromatic heterocycles. The fourth-order valence-electron chi connectivity index (χ4n) is 2.89. The minimum atomic E-state index is -0.450. The topological polar surface area (TPSA) is 38.8 Å². The number of likely N-dealkylation sites (tertiary alicyclic amines) is 1. The number of methoxy groups -OCH3 is 1. The maximum atomic E-state index is 12.3. The Labute approximate surface area is 149 Å². The van der Waals surface area contributed by atoms with Gasteiger partial charge in [-0.3, -0.25) is 0 Å². The van der Waals surface area contributed by atoms with E-state index in [1.807, 2.05) is 37.4 Å². The minimum absolute atomic E-state index is 0.0149. The maximum Gasteiger partial charge on any atom is 0.410 e. The normalized spacial score (nSPS) is 17.6. The largest absolute Gasteiger partial charge is 0.444 e. The van der Waals surface area contributed by atoms with E-state index in [4.69, 9.17) is 9.47 Å². The van der Waals surface area contributed by atoms with Crippen LogP contribution in [0.15, 0.2) is 29.2 Å². The van der Waals surface area contributed by atoms with Crippen molar-refractivity contribution in [2.45, 2.75) is 55.8 Å². The summed E-state index contributed by atoms with van der Waals surface area (Å²) in [6, 6.07) is 8.56. The molecule has 4 nitrogen and oxygen atoms in total. The standard InChI is InChI=1S/C19H29NO3S/c1-15-7-6-8-16(13-15)24-19(14-22-5)9-11-20(12-10-19)17(21)23-18(2,3)4/h6-8,13H,9-12,14H2,1-5H3. The predicted octanol–water partition coefficient (Wildman–Crippen LogP) is 4.50. The number of thioether (sulfide) groups is 1. The Morgan fingerprint density at radius 1 is 1.29 bits per heavy atom. The molecule has 1 fully saturated rings. The van der Waals surface area contributed by atoms with E-state index >= 15 is 0 Å². The van der Waals surface area contributed by atoms with Gasteiger partial charge in [-0.1, -0.05) is 17.7 Å². The molecule has 1 heterocycles.